The van der Waals surface area contributed by atoms with Gasteiger partial charge in [-0.1, -0.05) is 11.6 Å². The Morgan fingerprint density at radius 2 is 2.21 bits per heavy atom. The molecule has 0 saturated carbocycles. The average Bonchev–Trinajstić information content (AvgIpc) is 2.70. The standard InChI is InChI=1S/C15H23N3O/c1-11-5-6-15-13(9-11)14(17-18(15)3)10-16-12(2)7-8-19-4/h5-6,9,12,16H,7-8,10H2,1-4H3. The van der Waals surface area contributed by atoms with E-state index in [1.165, 1.54) is 16.5 Å². The molecule has 0 spiro atoms. The molecule has 4 heteroatoms. The van der Waals surface area contributed by atoms with E-state index in [1.54, 1.807) is 7.11 Å². The smallest absolute Gasteiger partial charge is 0.0841 e. The quantitative estimate of drug-likeness (QED) is 0.868. The van der Waals surface area contributed by atoms with Crippen LogP contribution < -0.4 is 5.32 Å². The van der Waals surface area contributed by atoms with E-state index in [-0.39, 0.29) is 0 Å². The first-order valence-corrected chi connectivity index (χ1v) is 6.76. The molecule has 104 valence electrons. The maximum atomic E-state index is 5.09. The van der Waals surface area contributed by atoms with E-state index in [0.29, 0.717) is 6.04 Å². The van der Waals surface area contributed by atoms with Crippen LogP contribution in [0.2, 0.25) is 0 Å². The van der Waals surface area contributed by atoms with E-state index in [4.69, 9.17) is 4.74 Å². The Labute approximate surface area is 114 Å². The van der Waals surface area contributed by atoms with Crippen LogP contribution in [0.15, 0.2) is 18.2 Å². The van der Waals surface area contributed by atoms with E-state index in [2.05, 4.69) is 42.5 Å². The van der Waals surface area contributed by atoms with Crippen molar-refractivity contribution < 1.29 is 4.74 Å². The fraction of sp³-hybridized carbons (Fsp3) is 0.533. The highest BCUT2D eigenvalue weighted by atomic mass is 16.5. The molecule has 1 aromatic heterocycles. The first-order chi connectivity index (χ1) is 9.11. The van der Waals surface area contributed by atoms with Gasteiger partial charge in [0.2, 0.25) is 0 Å². The lowest BCUT2D eigenvalue weighted by Gasteiger charge is -2.12. The van der Waals surface area contributed by atoms with Gasteiger partial charge < -0.3 is 10.1 Å². The number of nitrogens with one attached hydrogen (secondary N) is 1. The van der Waals surface area contributed by atoms with Gasteiger partial charge in [0.1, 0.15) is 0 Å². The summed E-state index contributed by atoms with van der Waals surface area (Å²) in [7, 11) is 3.73. The number of benzene rings is 1. The number of aromatic nitrogens is 2. The van der Waals surface area contributed by atoms with Gasteiger partial charge in [-0.05, 0) is 32.4 Å². The molecule has 0 aliphatic heterocycles. The van der Waals surface area contributed by atoms with Crippen LogP contribution in [0.25, 0.3) is 10.9 Å². The number of ether oxygens (including phenoxy) is 1. The van der Waals surface area contributed by atoms with Gasteiger partial charge in [-0.3, -0.25) is 4.68 Å². The molecule has 0 aliphatic rings. The molecule has 0 bridgehead atoms. The van der Waals surface area contributed by atoms with E-state index in [1.807, 2.05) is 11.7 Å². The van der Waals surface area contributed by atoms with Gasteiger partial charge in [0.15, 0.2) is 0 Å². The zero-order chi connectivity index (χ0) is 13.8. The minimum Gasteiger partial charge on any atom is -0.385 e. The second-order valence-electron chi connectivity index (χ2n) is 5.15. The van der Waals surface area contributed by atoms with Gasteiger partial charge in [-0.15, -0.1) is 0 Å². The summed E-state index contributed by atoms with van der Waals surface area (Å²) in [4.78, 5) is 0. The molecule has 0 amide bonds. The average molecular weight is 261 g/mol. The van der Waals surface area contributed by atoms with Gasteiger partial charge in [0, 0.05) is 38.7 Å². The van der Waals surface area contributed by atoms with Crippen molar-refractivity contribution in [2.45, 2.75) is 32.9 Å². The molecule has 1 atom stereocenters. The van der Waals surface area contributed by atoms with E-state index in [9.17, 15) is 0 Å². The van der Waals surface area contributed by atoms with Gasteiger partial charge in [0.25, 0.3) is 0 Å². The Morgan fingerprint density at radius 3 is 2.95 bits per heavy atom. The van der Waals surface area contributed by atoms with Crippen molar-refractivity contribution >= 4 is 10.9 Å². The van der Waals surface area contributed by atoms with Gasteiger partial charge >= 0.3 is 0 Å². The van der Waals surface area contributed by atoms with Crippen LogP contribution in [0.1, 0.15) is 24.6 Å². The summed E-state index contributed by atoms with van der Waals surface area (Å²) < 4.78 is 7.04. The molecule has 0 fully saturated rings. The lowest BCUT2D eigenvalue weighted by Crippen LogP contribution is -2.27. The summed E-state index contributed by atoms with van der Waals surface area (Å²) >= 11 is 0. The lowest BCUT2D eigenvalue weighted by molar-refractivity contribution is 0.184. The highest BCUT2D eigenvalue weighted by molar-refractivity contribution is 5.82. The van der Waals surface area contributed by atoms with Gasteiger partial charge in [0.05, 0.1) is 11.2 Å². The Bertz CT molecular complexity index is 548. The zero-order valence-corrected chi connectivity index (χ0v) is 12.2. The first-order valence-electron chi connectivity index (χ1n) is 6.76. The summed E-state index contributed by atoms with van der Waals surface area (Å²) in [6.07, 6.45) is 1.01. The monoisotopic (exact) mass is 261 g/mol. The Balaban J connectivity index is 2.10. The molecule has 1 aromatic carbocycles. The molecular weight excluding hydrogens is 238 g/mol. The summed E-state index contributed by atoms with van der Waals surface area (Å²) in [5, 5.41) is 9.35. The van der Waals surface area contributed by atoms with Crippen molar-refractivity contribution in [3.05, 3.63) is 29.5 Å². The maximum absolute atomic E-state index is 5.09. The number of rotatable bonds is 6. The highest BCUT2D eigenvalue weighted by Crippen LogP contribution is 2.19. The minimum atomic E-state index is 0.432. The van der Waals surface area contributed by atoms with Crippen molar-refractivity contribution in [2.75, 3.05) is 13.7 Å². The second kappa shape index (κ2) is 6.17. The Hall–Kier alpha value is -1.39. The molecule has 1 heterocycles. The molecule has 0 aliphatic carbocycles. The van der Waals surface area contributed by atoms with Gasteiger partial charge in [-0.25, -0.2) is 0 Å². The summed E-state index contributed by atoms with van der Waals surface area (Å²) in [6, 6.07) is 6.90. The third-order valence-electron chi connectivity index (χ3n) is 3.46. The minimum absolute atomic E-state index is 0.432. The van der Waals surface area contributed by atoms with E-state index < -0.39 is 0 Å². The fourth-order valence-corrected chi connectivity index (χ4v) is 2.25. The largest absolute Gasteiger partial charge is 0.385 e. The predicted octanol–water partition coefficient (Wildman–Crippen LogP) is 2.40. The summed E-state index contributed by atoms with van der Waals surface area (Å²) in [5.74, 6) is 0. The molecule has 0 radical (unpaired) electrons. The van der Waals surface area contributed by atoms with Crippen LogP contribution in [-0.2, 0) is 18.3 Å². The Kier molecular flexibility index (Phi) is 4.56. The fourth-order valence-electron chi connectivity index (χ4n) is 2.25. The van der Waals surface area contributed by atoms with Crippen molar-refractivity contribution in [2.24, 2.45) is 7.05 Å². The SMILES string of the molecule is COCCC(C)NCc1nn(C)c2ccc(C)cc12. The topological polar surface area (TPSA) is 39.1 Å². The van der Waals surface area contributed by atoms with Crippen molar-refractivity contribution in [1.29, 1.82) is 0 Å². The number of hydrogen-bond acceptors (Lipinski definition) is 3. The third-order valence-corrected chi connectivity index (χ3v) is 3.46. The normalized spacial score (nSPS) is 13.1. The number of nitrogens with zero attached hydrogens (tertiary/aromatic N) is 2. The van der Waals surface area contributed by atoms with Crippen LogP contribution >= 0.6 is 0 Å². The summed E-state index contributed by atoms with van der Waals surface area (Å²) in [5.41, 5.74) is 3.58. The van der Waals surface area contributed by atoms with Crippen molar-refractivity contribution in [1.82, 2.24) is 15.1 Å². The number of hydrogen-bond donors (Lipinski definition) is 1. The van der Waals surface area contributed by atoms with Crippen molar-refractivity contribution in [3.63, 3.8) is 0 Å². The zero-order valence-electron chi connectivity index (χ0n) is 12.2. The van der Waals surface area contributed by atoms with Crippen LogP contribution in [0, 0.1) is 6.92 Å². The lowest BCUT2D eigenvalue weighted by atomic mass is 10.1. The predicted molar refractivity (Wildman–Crippen MR) is 78.2 cm³/mol. The molecule has 1 unspecified atom stereocenters. The highest BCUT2D eigenvalue weighted by Gasteiger charge is 2.09. The van der Waals surface area contributed by atoms with Crippen LogP contribution in [-0.4, -0.2) is 29.5 Å². The molecule has 1 N–H and O–H groups in total. The number of aryl methyl sites for hydroxylation is 2. The molecule has 19 heavy (non-hydrogen) atoms. The summed E-state index contributed by atoms with van der Waals surface area (Å²) in [6.45, 7) is 5.88. The van der Waals surface area contributed by atoms with E-state index in [0.717, 1.165) is 25.3 Å². The molecule has 2 aromatic rings. The van der Waals surface area contributed by atoms with Crippen molar-refractivity contribution in [3.8, 4) is 0 Å². The van der Waals surface area contributed by atoms with Crippen LogP contribution in [0.4, 0.5) is 0 Å². The van der Waals surface area contributed by atoms with Gasteiger partial charge in [-0.2, -0.15) is 5.10 Å². The molecule has 0 saturated heterocycles. The van der Waals surface area contributed by atoms with Crippen LogP contribution in [0.5, 0.6) is 0 Å². The Morgan fingerprint density at radius 1 is 1.42 bits per heavy atom. The molecular formula is C15H23N3O. The number of fused-ring (bicyclic) bond motifs is 1. The maximum Gasteiger partial charge on any atom is 0.0841 e. The first kappa shape index (κ1) is 14.0. The molecule has 4 nitrogen and oxygen atoms in total. The third kappa shape index (κ3) is 3.33. The molecule has 2 rings (SSSR count). The second-order valence-corrected chi connectivity index (χ2v) is 5.15. The van der Waals surface area contributed by atoms with Crippen LogP contribution in [0.3, 0.4) is 0 Å². The number of methoxy groups -OCH3 is 1. The van der Waals surface area contributed by atoms with E-state index >= 15 is 0 Å².